The summed E-state index contributed by atoms with van der Waals surface area (Å²) in [5.41, 5.74) is -1.75. The number of esters is 2. The van der Waals surface area contributed by atoms with Crippen molar-refractivity contribution in [3.8, 4) is 0 Å². The van der Waals surface area contributed by atoms with Gasteiger partial charge in [-0.05, 0) is 44.0 Å². The summed E-state index contributed by atoms with van der Waals surface area (Å²) in [5.74, 6) is -1.12. The van der Waals surface area contributed by atoms with Crippen molar-refractivity contribution in [3.63, 3.8) is 0 Å². The molecule has 0 bridgehead atoms. The second-order valence-corrected chi connectivity index (χ2v) is 7.72. The molecule has 0 aliphatic carbocycles. The fourth-order valence-corrected chi connectivity index (χ4v) is 3.09. The molecule has 8 nitrogen and oxygen atoms in total. The van der Waals surface area contributed by atoms with Crippen LogP contribution in [0.4, 0.5) is 13.2 Å². The Morgan fingerprint density at radius 1 is 0.758 bits per heavy atom. The van der Waals surface area contributed by atoms with Crippen molar-refractivity contribution in [2.24, 2.45) is 20.5 Å². The first-order chi connectivity index (χ1) is 15.6. The van der Waals surface area contributed by atoms with E-state index in [0.717, 1.165) is 17.7 Å². The Morgan fingerprint density at radius 2 is 1.18 bits per heavy atom. The monoisotopic (exact) mass is 460 g/mol. The summed E-state index contributed by atoms with van der Waals surface area (Å²) in [6.07, 6.45) is -3.70. The van der Waals surface area contributed by atoms with Crippen LogP contribution in [0.5, 0.6) is 0 Å². The maximum Gasteiger partial charge on any atom is 0.442 e. The van der Waals surface area contributed by atoms with Crippen molar-refractivity contribution in [1.29, 1.82) is 0 Å². The molecule has 172 valence electrons. The highest BCUT2D eigenvalue weighted by molar-refractivity contribution is 5.90. The molecule has 2 aliphatic rings. The van der Waals surface area contributed by atoms with Crippen molar-refractivity contribution in [3.05, 3.63) is 70.8 Å². The highest BCUT2D eigenvalue weighted by Gasteiger charge is 2.65. The van der Waals surface area contributed by atoms with Crippen molar-refractivity contribution in [1.82, 2.24) is 0 Å². The van der Waals surface area contributed by atoms with Crippen LogP contribution in [-0.2, 0) is 20.8 Å². The summed E-state index contributed by atoms with van der Waals surface area (Å²) in [5, 5.41) is 14.1. The number of alkyl halides is 3. The van der Waals surface area contributed by atoms with Gasteiger partial charge in [0.05, 0.1) is 24.3 Å². The predicted molar refractivity (Wildman–Crippen MR) is 107 cm³/mol. The molecule has 0 radical (unpaired) electrons. The van der Waals surface area contributed by atoms with Gasteiger partial charge in [0.15, 0.2) is 0 Å². The van der Waals surface area contributed by atoms with Gasteiger partial charge in [-0.25, -0.2) is 9.59 Å². The van der Waals surface area contributed by atoms with Crippen LogP contribution in [-0.4, -0.2) is 31.3 Å². The Kier molecular flexibility index (Phi) is 5.73. The molecule has 0 amide bonds. The topological polar surface area (TPSA) is 102 Å². The fourth-order valence-electron chi connectivity index (χ4n) is 3.09. The molecular weight excluding hydrogens is 441 g/mol. The zero-order valence-corrected chi connectivity index (χ0v) is 17.5. The average molecular weight is 460 g/mol. The second kappa shape index (κ2) is 8.38. The normalized spacial score (nSPS) is 16.8. The van der Waals surface area contributed by atoms with E-state index in [1.165, 1.54) is 12.1 Å². The minimum Gasteiger partial charge on any atom is -0.462 e. The average Bonchev–Trinajstić information content (AvgIpc) is 3.72. The number of hydrogen-bond donors (Lipinski definition) is 0. The molecule has 33 heavy (non-hydrogen) atoms. The molecule has 2 aliphatic heterocycles. The molecule has 0 spiro atoms. The molecule has 11 heteroatoms. The van der Waals surface area contributed by atoms with E-state index in [9.17, 15) is 22.8 Å². The summed E-state index contributed by atoms with van der Waals surface area (Å²) in [7, 11) is 0. The van der Waals surface area contributed by atoms with Crippen molar-refractivity contribution >= 4 is 11.9 Å². The van der Waals surface area contributed by atoms with E-state index in [1.54, 1.807) is 24.3 Å². The highest BCUT2D eigenvalue weighted by atomic mass is 19.4. The van der Waals surface area contributed by atoms with Gasteiger partial charge >= 0.3 is 23.8 Å². The van der Waals surface area contributed by atoms with Crippen LogP contribution < -0.4 is 0 Å². The molecule has 0 N–H and O–H groups in total. The number of ether oxygens (including phenoxy) is 2. The van der Waals surface area contributed by atoms with Gasteiger partial charge in [0.2, 0.25) is 5.66 Å². The smallest absolute Gasteiger partial charge is 0.442 e. The van der Waals surface area contributed by atoms with E-state index in [2.05, 4.69) is 20.5 Å². The zero-order chi connectivity index (χ0) is 23.7. The third-order valence-electron chi connectivity index (χ3n) is 5.29. The minimum absolute atomic E-state index is 0.0789. The van der Waals surface area contributed by atoms with Crippen LogP contribution in [0, 0.1) is 0 Å². The third-order valence-corrected chi connectivity index (χ3v) is 5.29. The molecule has 0 atom stereocenters. The lowest BCUT2D eigenvalue weighted by Gasteiger charge is -2.14. The Balaban J connectivity index is 1.15. The lowest BCUT2D eigenvalue weighted by molar-refractivity contribution is -0.166. The lowest BCUT2D eigenvalue weighted by atomic mass is 10.0. The maximum atomic E-state index is 13.0. The fraction of sp³-hybridized carbons (Fsp3) is 0.364. The molecule has 0 saturated heterocycles. The number of rotatable bonds is 9. The molecule has 4 rings (SSSR count). The Labute approximate surface area is 186 Å². The van der Waals surface area contributed by atoms with E-state index in [4.69, 9.17) is 9.47 Å². The number of hydrogen-bond acceptors (Lipinski definition) is 8. The lowest BCUT2D eigenvalue weighted by Crippen LogP contribution is -2.30. The van der Waals surface area contributed by atoms with Crippen LogP contribution >= 0.6 is 0 Å². The third kappa shape index (κ3) is 4.76. The standard InChI is InChI=1S/C22H19F3N4O4/c1-20(26-27-20)16-8-4-14(5-9-16)18(30)32-12-2-3-13-33-19(31)15-6-10-17(11-7-15)21(28-29-21)22(23,24)25/h4-11H,2-3,12-13H2,1H3. The summed E-state index contributed by atoms with van der Waals surface area (Å²) >= 11 is 0. The van der Waals surface area contributed by atoms with Crippen molar-refractivity contribution in [2.75, 3.05) is 13.2 Å². The van der Waals surface area contributed by atoms with Gasteiger partial charge in [-0.1, -0.05) is 24.3 Å². The van der Waals surface area contributed by atoms with Gasteiger partial charge in [0, 0.05) is 11.1 Å². The van der Waals surface area contributed by atoms with E-state index >= 15 is 0 Å². The Hall–Kier alpha value is -3.63. The Morgan fingerprint density at radius 3 is 1.55 bits per heavy atom. The first kappa shape index (κ1) is 22.6. The van der Waals surface area contributed by atoms with E-state index in [-0.39, 0.29) is 24.3 Å². The summed E-state index contributed by atoms with van der Waals surface area (Å²) < 4.78 is 49.3. The van der Waals surface area contributed by atoms with Crippen molar-refractivity contribution in [2.45, 2.75) is 37.3 Å². The molecule has 2 aromatic rings. The van der Waals surface area contributed by atoms with E-state index in [0.29, 0.717) is 18.4 Å². The van der Waals surface area contributed by atoms with Crippen LogP contribution in [0.25, 0.3) is 0 Å². The van der Waals surface area contributed by atoms with Gasteiger partial charge in [-0.3, -0.25) is 0 Å². The number of carbonyl (C=O) groups excluding carboxylic acids is 2. The highest BCUT2D eigenvalue weighted by Crippen LogP contribution is 2.52. The first-order valence-corrected chi connectivity index (χ1v) is 10.1. The SMILES string of the molecule is CC1(c2ccc(C(=O)OCCCCOC(=O)c3ccc(C4(C(F)(F)F)N=N4)cc3)cc2)N=N1. The van der Waals surface area contributed by atoms with Gasteiger partial charge in [-0.2, -0.15) is 23.4 Å². The van der Waals surface area contributed by atoms with E-state index < -0.39 is 29.4 Å². The van der Waals surface area contributed by atoms with Crippen LogP contribution in [0.15, 0.2) is 69.0 Å². The maximum absolute atomic E-state index is 13.0. The molecular formula is C22H19F3N4O4. The minimum atomic E-state index is -4.62. The quantitative estimate of drug-likeness (QED) is 0.374. The van der Waals surface area contributed by atoms with Crippen LogP contribution in [0.1, 0.15) is 51.6 Å². The Bertz CT molecular complexity index is 1100. The summed E-state index contributed by atoms with van der Waals surface area (Å²) in [6.45, 7) is 2.10. The number of benzene rings is 2. The molecule has 0 saturated carbocycles. The van der Waals surface area contributed by atoms with E-state index in [1.807, 2.05) is 6.92 Å². The number of carbonyl (C=O) groups is 2. The van der Waals surface area contributed by atoms with Gasteiger partial charge in [-0.15, -0.1) is 10.2 Å². The number of unbranched alkanes of at least 4 members (excludes halogenated alkanes) is 1. The van der Waals surface area contributed by atoms with Crippen LogP contribution in [0.2, 0.25) is 0 Å². The van der Waals surface area contributed by atoms with Gasteiger partial charge in [0.25, 0.3) is 0 Å². The summed E-state index contributed by atoms with van der Waals surface area (Å²) in [6, 6.07) is 11.7. The molecule has 0 fully saturated rings. The first-order valence-electron chi connectivity index (χ1n) is 10.1. The summed E-state index contributed by atoms with van der Waals surface area (Å²) in [4.78, 5) is 24.1. The van der Waals surface area contributed by atoms with Crippen molar-refractivity contribution < 1.29 is 32.2 Å². The predicted octanol–water partition coefficient (Wildman–Crippen LogP) is 5.30. The number of halogens is 3. The van der Waals surface area contributed by atoms with Gasteiger partial charge in [0.1, 0.15) is 0 Å². The second-order valence-electron chi connectivity index (χ2n) is 7.72. The molecule has 2 heterocycles. The van der Waals surface area contributed by atoms with Gasteiger partial charge < -0.3 is 9.47 Å². The molecule has 0 unspecified atom stereocenters. The number of nitrogens with zero attached hydrogens (tertiary/aromatic N) is 4. The molecule has 2 aromatic carbocycles. The van der Waals surface area contributed by atoms with Crippen LogP contribution in [0.3, 0.4) is 0 Å². The zero-order valence-electron chi connectivity index (χ0n) is 17.5. The molecule has 0 aromatic heterocycles. The largest absolute Gasteiger partial charge is 0.462 e.